The Morgan fingerprint density at radius 1 is 1.19 bits per heavy atom. The van der Waals surface area contributed by atoms with Gasteiger partial charge in [0.05, 0.1) is 12.7 Å². The van der Waals surface area contributed by atoms with Gasteiger partial charge in [0, 0.05) is 17.8 Å². The van der Waals surface area contributed by atoms with E-state index in [0.29, 0.717) is 18.3 Å². The second-order valence-electron chi connectivity index (χ2n) is 4.68. The molecule has 0 aliphatic rings. The molecule has 0 saturated carbocycles. The average molecular weight is 280 g/mol. The molecule has 0 unspecified atom stereocenters. The maximum atomic E-state index is 4.37. The lowest BCUT2D eigenvalue weighted by molar-refractivity contribution is 0.745. The molecule has 1 N–H and O–H groups in total. The average Bonchev–Trinajstić information content (AvgIpc) is 3.11. The highest BCUT2D eigenvalue weighted by Gasteiger charge is 2.10. The molecule has 3 aromatic heterocycles. The van der Waals surface area contributed by atoms with Crippen molar-refractivity contribution in [2.24, 2.45) is 7.05 Å². The molecule has 0 amide bonds. The highest BCUT2D eigenvalue weighted by Crippen LogP contribution is 2.18. The van der Waals surface area contributed by atoms with Gasteiger partial charge in [-0.2, -0.15) is 14.7 Å². The first kappa shape index (κ1) is 11.8. The van der Waals surface area contributed by atoms with Gasteiger partial charge in [0.2, 0.25) is 5.95 Å². The fourth-order valence-electron chi connectivity index (χ4n) is 2.22. The second kappa shape index (κ2) is 4.51. The maximum Gasteiger partial charge on any atom is 0.246 e. The van der Waals surface area contributed by atoms with Gasteiger partial charge in [-0.25, -0.2) is 4.98 Å². The van der Waals surface area contributed by atoms with Crippen LogP contribution in [0.5, 0.6) is 0 Å². The number of anilines is 1. The van der Waals surface area contributed by atoms with Crippen LogP contribution in [-0.2, 0) is 13.6 Å². The van der Waals surface area contributed by atoms with Crippen molar-refractivity contribution < 1.29 is 0 Å². The standard InChI is InChI=1S/C13H12N8/c1-20-8-15-11(19-20)7-14-13-18-17-12-10-5-3-2-4-9(10)6-16-21(12)13/h2-6,8H,7H2,1H3,(H,14,18). The fourth-order valence-corrected chi connectivity index (χ4v) is 2.22. The highest BCUT2D eigenvalue weighted by atomic mass is 15.4. The van der Waals surface area contributed by atoms with Crippen molar-refractivity contribution in [2.45, 2.75) is 6.54 Å². The number of aromatic nitrogens is 7. The maximum absolute atomic E-state index is 4.37. The molecule has 0 spiro atoms. The predicted octanol–water partition coefficient (Wildman–Crippen LogP) is 1.02. The summed E-state index contributed by atoms with van der Waals surface area (Å²) in [7, 11) is 1.83. The summed E-state index contributed by atoms with van der Waals surface area (Å²) in [5, 5.41) is 22.1. The monoisotopic (exact) mass is 280 g/mol. The quantitative estimate of drug-likeness (QED) is 0.603. The van der Waals surface area contributed by atoms with Crippen LogP contribution in [0.4, 0.5) is 5.95 Å². The van der Waals surface area contributed by atoms with Gasteiger partial charge in [0.1, 0.15) is 6.33 Å². The number of rotatable bonds is 3. The normalized spacial score (nSPS) is 11.3. The topological polar surface area (TPSA) is 85.8 Å². The van der Waals surface area contributed by atoms with Crippen LogP contribution in [0, 0.1) is 0 Å². The van der Waals surface area contributed by atoms with Gasteiger partial charge in [-0.1, -0.05) is 24.3 Å². The number of benzene rings is 1. The SMILES string of the molecule is Cn1cnc(CNc2nnc3c4ccccc4cnn23)n1. The third-order valence-electron chi connectivity index (χ3n) is 3.21. The van der Waals surface area contributed by atoms with Crippen molar-refractivity contribution in [2.75, 3.05) is 5.32 Å². The van der Waals surface area contributed by atoms with Crippen LogP contribution in [0.15, 0.2) is 36.8 Å². The first-order valence-corrected chi connectivity index (χ1v) is 6.49. The Bertz CT molecular complexity index is 922. The van der Waals surface area contributed by atoms with Crippen LogP contribution in [0.3, 0.4) is 0 Å². The van der Waals surface area contributed by atoms with E-state index in [4.69, 9.17) is 0 Å². The van der Waals surface area contributed by atoms with Crippen LogP contribution < -0.4 is 5.32 Å². The summed E-state index contributed by atoms with van der Waals surface area (Å²) >= 11 is 0. The molecule has 1 aromatic carbocycles. The van der Waals surface area contributed by atoms with Crippen LogP contribution in [0.2, 0.25) is 0 Å². The zero-order chi connectivity index (χ0) is 14.2. The summed E-state index contributed by atoms with van der Waals surface area (Å²) in [5.41, 5.74) is 0.726. The summed E-state index contributed by atoms with van der Waals surface area (Å²) in [6, 6.07) is 7.96. The molecule has 0 aliphatic carbocycles. The van der Waals surface area contributed by atoms with E-state index in [1.165, 1.54) is 0 Å². The van der Waals surface area contributed by atoms with Crippen molar-refractivity contribution in [3.05, 3.63) is 42.6 Å². The van der Waals surface area contributed by atoms with Gasteiger partial charge < -0.3 is 5.32 Å². The van der Waals surface area contributed by atoms with E-state index in [2.05, 4.69) is 30.7 Å². The summed E-state index contributed by atoms with van der Waals surface area (Å²) in [6.07, 6.45) is 3.46. The van der Waals surface area contributed by atoms with Crippen LogP contribution in [0.1, 0.15) is 5.82 Å². The van der Waals surface area contributed by atoms with E-state index in [1.807, 2.05) is 31.3 Å². The lowest BCUT2D eigenvalue weighted by Crippen LogP contribution is -2.06. The molecule has 0 fully saturated rings. The number of nitrogens with one attached hydrogen (secondary N) is 1. The van der Waals surface area contributed by atoms with Gasteiger partial charge in [-0.05, 0) is 0 Å². The van der Waals surface area contributed by atoms with Crippen molar-refractivity contribution in [3.63, 3.8) is 0 Å². The zero-order valence-electron chi connectivity index (χ0n) is 11.3. The third-order valence-corrected chi connectivity index (χ3v) is 3.21. The first-order valence-electron chi connectivity index (χ1n) is 6.49. The minimum Gasteiger partial charge on any atom is -0.345 e. The molecule has 104 valence electrons. The smallest absolute Gasteiger partial charge is 0.246 e. The number of hydrogen-bond donors (Lipinski definition) is 1. The molecular weight excluding hydrogens is 268 g/mol. The summed E-state index contributed by atoms with van der Waals surface area (Å²) in [6.45, 7) is 0.468. The summed E-state index contributed by atoms with van der Waals surface area (Å²) < 4.78 is 3.34. The molecule has 3 heterocycles. The Morgan fingerprint density at radius 3 is 2.95 bits per heavy atom. The number of fused-ring (bicyclic) bond motifs is 3. The molecule has 0 bridgehead atoms. The molecular formula is C13H12N8. The predicted molar refractivity (Wildman–Crippen MR) is 76.6 cm³/mol. The zero-order valence-corrected chi connectivity index (χ0v) is 11.3. The molecule has 4 aromatic rings. The van der Waals surface area contributed by atoms with Gasteiger partial charge >= 0.3 is 0 Å². The van der Waals surface area contributed by atoms with E-state index in [0.717, 1.165) is 16.4 Å². The van der Waals surface area contributed by atoms with E-state index in [9.17, 15) is 0 Å². The van der Waals surface area contributed by atoms with E-state index >= 15 is 0 Å². The van der Waals surface area contributed by atoms with Gasteiger partial charge in [0.15, 0.2) is 11.5 Å². The lowest BCUT2D eigenvalue weighted by Gasteiger charge is -2.02. The van der Waals surface area contributed by atoms with Crippen molar-refractivity contribution >= 4 is 22.4 Å². The van der Waals surface area contributed by atoms with Crippen molar-refractivity contribution in [1.82, 2.24) is 34.6 Å². The Labute approximate surface area is 119 Å². The summed E-state index contributed by atoms with van der Waals surface area (Å²) in [5.74, 6) is 1.26. The first-order chi connectivity index (χ1) is 10.3. The number of hydrogen-bond acceptors (Lipinski definition) is 6. The molecule has 0 aliphatic heterocycles. The molecule has 4 rings (SSSR count). The van der Waals surface area contributed by atoms with Crippen LogP contribution in [0.25, 0.3) is 16.4 Å². The lowest BCUT2D eigenvalue weighted by atomic mass is 10.2. The molecule has 0 atom stereocenters. The van der Waals surface area contributed by atoms with Gasteiger partial charge in [-0.3, -0.25) is 4.68 Å². The van der Waals surface area contributed by atoms with Gasteiger partial charge in [-0.15, -0.1) is 10.2 Å². The minimum atomic E-state index is 0.468. The van der Waals surface area contributed by atoms with Crippen molar-refractivity contribution in [1.29, 1.82) is 0 Å². The molecule has 21 heavy (non-hydrogen) atoms. The second-order valence-corrected chi connectivity index (χ2v) is 4.68. The molecule has 0 saturated heterocycles. The van der Waals surface area contributed by atoms with Gasteiger partial charge in [0.25, 0.3) is 0 Å². The number of nitrogens with zero attached hydrogens (tertiary/aromatic N) is 7. The Morgan fingerprint density at radius 2 is 2.10 bits per heavy atom. The van der Waals surface area contributed by atoms with Crippen LogP contribution in [-0.4, -0.2) is 34.6 Å². The molecule has 8 heteroatoms. The Kier molecular flexibility index (Phi) is 2.53. The molecule has 0 radical (unpaired) electrons. The fraction of sp³-hybridized carbons (Fsp3) is 0.154. The largest absolute Gasteiger partial charge is 0.345 e. The van der Waals surface area contributed by atoms with Crippen LogP contribution >= 0.6 is 0 Å². The Balaban J connectivity index is 1.71. The Hall–Kier alpha value is -3.03. The number of aryl methyl sites for hydroxylation is 1. The van der Waals surface area contributed by atoms with Crippen molar-refractivity contribution in [3.8, 4) is 0 Å². The highest BCUT2D eigenvalue weighted by molar-refractivity contribution is 5.93. The minimum absolute atomic E-state index is 0.468. The van der Waals surface area contributed by atoms with E-state index in [1.54, 1.807) is 21.7 Å². The molecule has 8 nitrogen and oxygen atoms in total. The van der Waals surface area contributed by atoms with E-state index < -0.39 is 0 Å². The summed E-state index contributed by atoms with van der Waals surface area (Å²) in [4.78, 5) is 4.16. The van der Waals surface area contributed by atoms with E-state index in [-0.39, 0.29) is 0 Å². The third kappa shape index (κ3) is 1.97.